The van der Waals surface area contributed by atoms with E-state index in [-0.39, 0.29) is 0 Å². The molecule has 0 aromatic heterocycles. The second-order valence-corrected chi connectivity index (χ2v) is 9.52. The zero-order valence-electron chi connectivity index (χ0n) is 10.6. The molecule has 3 aliphatic rings. The standard InChI is InChI=1S/C14H25P/c1-4-11-9-12(5-2)15(11)14-8-6-7-13(14,3)10-14/h11-12H,4-10H2,1-3H3/t11-,12-,13?,14+/m0/s1. The van der Waals surface area contributed by atoms with E-state index in [1.54, 1.807) is 32.1 Å². The molecule has 1 aliphatic heterocycles. The summed E-state index contributed by atoms with van der Waals surface area (Å²) in [6, 6.07) is 0. The van der Waals surface area contributed by atoms with E-state index >= 15 is 0 Å². The van der Waals surface area contributed by atoms with Gasteiger partial charge in [-0.3, -0.25) is 0 Å². The van der Waals surface area contributed by atoms with Gasteiger partial charge in [-0.15, -0.1) is 0 Å². The van der Waals surface area contributed by atoms with Crippen molar-refractivity contribution in [2.45, 2.75) is 82.2 Å². The summed E-state index contributed by atoms with van der Waals surface area (Å²) in [6.45, 7) is 7.45. The molecule has 0 amide bonds. The van der Waals surface area contributed by atoms with Crippen molar-refractivity contribution >= 4 is 7.92 Å². The van der Waals surface area contributed by atoms with Gasteiger partial charge in [0.1, 0.15) is 0 Å². The van der Waals surface area contributed by atoms with Crippen molar-refractivity contribution in [2.24, 2.45) is 5.41 Å². The molecule has 0 aromatic carbocycles. The lowest BCUT2D eigenvalue weighted by Crippen LogP contribution is -2.36. The average molecular weight is 224 g/mol. The van der Waals surface area contributed by atoms with E-state index in [0.29, 0.717) is 7.92 Å². The van der Waals surface area contributed by atoms with Gasteiger partial charge in [0.2, 0.25) is 0 Å². The molecule has 0 aromatic rings. The molecule has 86 valence electrons. The maximum absolute atomic E-state index is 2.60. The van der Waals surface area contributed by atoms with Crippen LogP contribution in [0.1, 0.15) is 65.7 Å². The summed E-state index contributed by atoms with van der Waals surface area (Å²) in [5, 5.41) is 0.905. The van der Waals surface area contributed by atoms with E-state index in [1.165, 1.54) is 12.8 Å². The zero-order valence-corrected chi connectivity index (χ0v) is 11.4. The fourth-order valence-electron chi connectivity index (χ4n) is 4.74. The zero-order chi connectivity index (χ0) is 10.7. The van der Waals surface area contributed by atoms with Gasteiger partial charge in [-0.25, -0.2) is 0 Å². The van der Waals surface area contributed by atoms with Crippen molar-refractivity contribution < 1.29 is 0 Å². The van der Waals surface area contributed by atoms with Gasteiger partial charge in [0.15, 0.2) is 0 Å². The SMILES string of the molecule is CC[C@H]1C[C@H](CC)P1[C@@]12CCCC1(C)C2. The van der Waals surface area contributed by atoms with Crippen molar-refractivity contribution in [3.05, 3.63) is 0 Å². The summed E-state index contributed by atoms with van der Waals surface area (Å²) in [6.07, 6.45) is 10.8. The first-order valence-corrected chi connectivity index (χ1v) is 8.43. The minimum Gasteiger partial charge on any atom is -0.0934 e. The first-order chi connectivity index (χ1) is 7.17. The summed E-state index contributed by atoms with van der Waals surface area (Å²) < 4.78 is 0. The van der Waals surface area contributed by atoms with Crippen LogP contribution in [-0.2, 0) is 0 Å². The highest BCUT2D eigenvalue weighted by Gasteiger charge is 2.72. The van der Waals surface area contributed by atoms with E-state index in [2.05, 4.69) is 20.8 Å². The van der Waals surface area contributed by atoms with E-state index in [1.807, 2.05) is 0 Å². The van der Waals surface area contributed by atoms with Gasteiger partial charge >= 0.3 is 0 Å². The highest BCUT2D eigenvalue weighted by atomic mass is 31.1. The lowest BCUT2D eigenvalue weighted by Gasteiger charge is -2.50. The summed E-state index contributed by atoms with van der Waals surface area (Å²) >= 11 is 0. The third-order valence-corrected chi connectivity index (χ3v) is 10.4. The first kappa shape index (κ1) is 10.6. The predicted molar refractivity (Wildman–Crippen MR) is 69.0 cm³/mol. The Kier molecular flexibility index (Phi) is 2.27. The van der Waals surface area contributed by atoms with Crippen LogP contribution >= 0.6 is 7.92 Å². The average Bonchev–Trinajstić information content (AvgIpc) is 2.59. The summed E-state index contributed by atoms with van der Waals surface area (Å²) in [7, 11) is 0.417. The summed E-state index contributed by atoms with van der Waals surface area (Å²) in [5.41, 5.74) is 3.13. The van der Waals surface area contributed by atoms with Crippen LogP contribution in [0.25, 0.3) is 0 Å². The Balaban J connectivity index is 1.81. The maximum Gasteiger partial charge on any atom is -0.00299 e. The molecule has 2 aliphatic carbocycles. The van der Waals surface area contributed by atoms with Gasteiger partial charge in [-0.05, 0) is 60.4 Å². The highest BCUT2D eigenvalue weighted by molar-refractivity contribution is 7.63. The molecule has 1 heterocycles. The molecular weight excluding hydrogens is 199 g/mol. The third-order valence-electron chi connectivity index (χ3n) is 5.77. The Morgan fingerprint density at radius 1 is 1.13 bits per heavy atom. The van der Waals surface area contributed by atoms with Crippen LogP contribution < -0.4 is 0 Å². The molecule has 0 nitrogen and oxygen atoms in total. The minimum atomic E-state index is 0.417. The van der Waals surface area contributed by atoms with E-state index in [4.69, 9.17) is 0 Å². The number of rotatable bonds is 3. The van der Waals surface area contributed by atoms with Crippen LogP contribution in [-0.4, -0.2) is 16.5 Å². The lowest BCUT2D eigenvalue weighted by atomic mass is 10.1. The smallest absolute Gasteiger partial charge is 0.00299 e. The normalized spacial score (nSPS) is 53.8. The van der Waals surface area contributed by atoms with Crippen molar-refractivity contribution in [3.8, 4) is 0 Å². The quantitative estimate of drug-likeness (QED) is 0.606. The Morgan fingerprint density at radius 2 is 1.80 bits per heavy atom. The monoisotopic (exact) mass is 224 g/mol. The largest absolute Gasteiger partial charge is 0.0934 e. The van der Waals surface area contributed by atoms with Gasteiger partial charge in [0, 0.05) is 0 Å². The van der Waals surface area contributed by atoms with Gasteiger partial charge in [0.05, 0.1) is 0 Å². The van der Waals surface area contributed by atoms with Crippen molar-refractivity contribution in [1.29, 1.82) is 0 Å². The molecule has 2 saturated carbocycles. The van der Waals surface area contributed by atoms with Gasteiger partial charge < -0.3 is 0 Å². The van der Waals surface area contributed by atoms with Gasteiger partial charge in [-0.2, -0.15) is 0 Å². The molecule has 1 saturated heterocycles. The molecular formula is C14H25P. The molecule has 1 unspecified atom stereocenters. The maximum atomic E-state index is 2.60. The molecule has 0 bridgehead atoms. The minimum absolute atomic E-state index is 0.417. The van der Waals surface area contributed by atoms with E-state index < -0.39 is 0 Å². The Morgan fingerprint density at radius 3 is 2.20 bits per heavy atom. The molecule has 0 radical (unpaired) electrons. The van der Waals surface area contributed by atoms with Crippen molar-refractivity contribution in [1.82, 2.24) is 0 Å². The number of hydrogen-bond acceptors (Lipinski definition) is 0. The van der Waals surface area contributed by atoms with Crippen molar-refractivity contribution in [3.63, 3.8) is 0 Å². The molecule has 3 fully saturated rings. The topological polar surface area (TPSA) is 0 Å². The van der Waals surface area contributed by atoms with Crippen LogP contribution in [0.2, 0.25) is 0 Å². The van der Waals surface area contributed by atoms with Crippen LogP contribution in [0.3, 0.4) is 0 Å². The van der Waals surface area contributed by atoms with Gasteiger partial charge in [-0.1, -0.05) is 35.1 Å². The summed E-state index contributed by atoms with van der Waals surface area (Å²) in [4.78, 5) is 0. The van der Waals surface area contributed by atoms with Gasteiger partial charge in [0.25, 0.3) is 0 Å². The molecule has 0 N–H and O–H groups in total. The van der Waals surface area contributed by atoms with Crippen LogP contribution in [0.4, 0.5) is 0 Å². The van der Waals surface area contributed by atoms with Crippen LogP contribution in [0.5, 0.6) is 0 Å². The molecule has 1 heteroatoms. The Hall–Kier alpha value is 0.430. The Bertz CT molecular complexity index is 261. The van der Waals surface area contributed by atoms with E-state index in [0.717, 1.165) is 21.9 Å². The number of hydrogen-bond donors (Lipinski definition) is 0. The first-order valence-electron chi connectivity index (χ1n) is 6.95. The predicted octanol–water partition coefficient (Wildman–Crippen LogP) is 4.76. The Labute approximate surface area is 96.0 Å². The fraction of sp³-hybridized carbons (Fsp3) is 1.00. The van der Waals surface area contributed by atoms with Crippen LogP contribution in [0, 0.1) is 5.41 Å². The van der Waals surface area contributed by atoms with Crippen LogP contribution in [0.15, 0.2) is 0 Å². The molecule has 0 spiro atoms. The molecule has 4 atom stereocenters. The number of fused-ring (bicyclic) bond motifs is 1. The van der Waals surface area contributed by atoms with Crippen molar-refractivity contribution in [2.75, 3.05) is 0 Å². The lowest BCUT2D eigenvalue weighted by molar-refractivity contribution is 0.537. The second-order valence-electron chi connectivity index (χ2n) is 6.39. The highest BCUT2D eigenvalue weighted by Crippen LogP contribution is 2.87. The van der Waals surface area contributed by atoms with E-state index in [9.17, 15) is 0 Å². The fourth-order valence-corrected chi connectivity index (χ4v) is 9.78. The molecule has 15 heavy (non-hydrogen) atoms. The second kappa shape index (κ2) is 3.22. The molecule has 3 rings (SSSR count). The third kappa shape index (κ3) is 1.18. The summed E-state index contributed by atoms with van der Waals surface area (Å²) in [5.74, 6) is 0.